The van der Waals surface area contributed by atoms with Crippen molar-refractivity contribution in [1.29, 1.82) is 0 Å². The van der Waals surface area contributed by atoms with Crippen molar-refractivity contribution < 1.29 is 9.47 Å². The van der Waals surface area contributed by atoms with Gasteiger partial charge in [0.05, 0.1) is 19.6 Å². The Morgan fingerprint density at radius 3 is 1.20 bits per heavy atom. The summed E-state index contributed by atoms with van der Waals surface area (Å²) in [6.07, 6.45) is 0. The van der Waals surface area contributed by atoms with E-state index in [4.69, 9.17) is 9.47 Å². The van der Waals surface area contributed by atoms with Gasteiger partial charge in [0.25, 0.3) is 0 Å². The lowest BCUT2D eigenvalue weighted by molar-refractivity contribution is 0.414. The maximum absolute atomic E-state index is 5.70. The molecule has 0 radical (unpaired) electrons. The molecule has 0 fully saturated rings. The van der Waals surface area contributed by atoms with Crippen LogP contribution >= 0.6 is 22.7 Å². The zero-order chi connectivity index (χ0) is 47.5. The molecule has 0 amide bonds. The molecule has 0 saturated heterocycles. The van der Waals surface area contributed by atoms with Gasteiger partial charge in [-0.1, -0.05) is 48.5 Å². The highest BCUT2D eigenvalue weighted by molar-refractivity contribution is 7.21. The lowest BCUT2D eigenvalue weighted by Gasteiger charge is -2.32. The number of hydrogen-bond acceptors (Lipinski definition) is 6. The third kappa shape index (κ3) is 5.92. The van der Waals surface area contributed by atoms with Gasteiger partial charge in [0.2, 0.25) is 0 Å². The van der Waals surface area contributed by atoms with Crippen LogP contribution in [-0.2, 0) is 18.5 Å². The smallest absolute Gasteiger partial charge is 0.119 e. The SMILES string of the molecule is CCn1c2ccccc2c2cc(N(c3ccc(OC)cc3)c3ccc4c(c3)C3(c5cc(N(c6ccc(OC)cc6)c6ccc7c(c6)c6ccccc6n7CC)ccc5-4)c4ccsc4-c4sccc43)ccc21. The maximum atomic E-state index is 5.70. The minimum atomic E-state index is -0.546. The number of fused-ring (bicyclic) bond motifs is 16. The molecule has 71 heavy (non-hydrogen) atoms. The number of nitrogens with zero attached hydrogens (tertiary/aromatic N) is 4. The molecule has 12 aromatic rings. The fraction of sp³-hybridized carbons (Fsp3) is 0.111. The van der Waals surface area contributed by atoms with Gasteiger partial charge in [-0.3, -0.25) is 0 Å². The van der Waals surface area contributed by atoms with E-state index >= 15 is 0 Å². The molecule has 0 N–H and O–H groups in total. The first-order valence-corrected chi connectivity index (χ1v) is 26.1. The fourth-order valence-electron chi connectivity index (χ4n) is 12.3. The van der Waals surface area contributed by atoms with E-state index in [0.717, 1.165) is 58.7 Å². The van der Waals surface area contributed by atoms with Gasteiger partial charge in [0.1, 0.15) is 11.5 Å². The van der Waals surface area contributed by atoms with Crippen LogP contribution in [0.4, 0.5) is 34.1 Å². The van der Waals surface area contributed by atoms with Crippen molar-refractivity contribution in [2.24, 2.45) is 0 Å². The third-order valence-electron chi connectivity index (χ3n) is 15.3. The summed E-state index contributed by atoms with van der Waals surface area (Å²) in [6, 6.07) is 67.7. The van der Waals surface area contributed by atoms with Crippen molar-refractivity contribution in [3.63, 3.8) is 0 Å². The summed E-state index contributed by atoms with van der Waals surface area (Å²) in [7, 11) is 3.46. The van der Waals surface area contributed by atoms with Crippen molar-refractivity contribution in [3.05, 3.63) is 215 Å². The van der Waals surface area contributed by atoms with E-state index in [1.165, 1.54) is 86.7 Å². The largest absolute Gasteiger partial charge is 0.497 e. The summed E-state index contributed by atoms with van der Waals surface area (Å²) in [6.45, 7) is 6.25. The summed E-state index contributed by atoms with van der Waals surface area (Å²) in [5.41, 5.74) is 18.8. The summed E-state index contributed by atoms with van der Waals surface area (Å²) in [5.74, 6) is 1.65. The molecule has 2 aliphatic carbocycles. The Morgan fingerprint density at radius 2 is 0.775 bits per heavy atom. The van der Waals surface area contributed by atoms with Crippen LogP contribution in [-0.4, -0.2) is 23.4 Å². The minimum absolute atomic E-state index is 0.546. The minimum Gasteiger partial charge on any atom is -0.497 e. The monoisotopic (exact) mass is 956 g/mol. The first-order valence-electron chi connectivity index (χ1n) is 24.4. The lowest BCUT2D eigenvalue weighted by Crippen LogP contribution is -2.26. The number of benzene rings is 8. The van der Waals surface area contributed by atoms with Crippen LogP contribution in [0.2, 0.25) is 0 Å². The van der Waals surface area contributed by atoms with Crippen molar-refractivity contribution in [3.8, 4) is 32.4 Å². The molecule has 0 bridgehead atoms. The molecule has 0 saturated carbocycles. The van der Waals surface area contributed by atoms with Crippen LogP contribution in [0, 0.1) is 0 Å². The highest BCUT2D eigenvalue weighted by Gasteiger charge is 2.53. The number of aryl methyl sites for hydroxylation is 2. The van der Waals surface area contributed by atoms with Gasteiger partial charge in [-0.2, -0.15) is 0 Å². The number of para-hydroxylation sites is 2. The predicted octanol–water partition coefficient (Wildman–Crippen LogP) is 17.4. The zero-order valence-electron chi connectivity index (χ0n) is 39.8. The molecule has 0 atom stereocenters. The highest BCUT2D eigenvalue weighted by atomic mass is 32.1. The van der Waals surface area contributed by atoms with Crippen LogP contribution < -0.4 is 19.3 Å². The molecule has 0 unspecified atom stereocenters. The van der Waals surface area contributed by atoms with E-state index in [-0.39, 0.29) is 0 Å². The second kappa shape index (κ2) is 16.0. The highest BCUT2D eigenvalue weighted by Crippen LogP contribution is 2.66. The Morgan fingerprint density at radius 1 is 0.394 bits per heavy atom. The molecule has 4 heterocycles. The van der Waals surface area contributed by atoms with Crippen molar-refractivity contribution in [2.75, 3.05) is 24.0 Å². The van der Waals surface area contributed by atoms with E-state index in [2.05, 4.69) is 226 Å². The fourth-order valence-corrected chi connectivity index (χ4v) is 14.4. The number of ether oxygens (including phenoxy) is 2. The second-order valence-electron chi connectivity index (χ2n) is 18.5. The molecule has 344 valence electrons. The van der Waals surface area contributed by atoms with Gasteiger partial charge >= 0.3 is 0 Å². The Labute approximate surface area is 420 Å². The zero-order valence-corrected chi connectivity index (χ0v) is 41.4. The van der Waals surface area contributed by atoms with Crippen LogP contribution in [0.1, 0.15) is 36.1 Å². The Hall–Kier alpha value is -8.04. The number of hydrogen-bond donors (Lipinski definition) is 0. The van der Waals surface area contributed by atoms with E-state index in [1.54, 1.807) is 14.2 Å². The van der Waals surface area contributed by atoms with E-state index < -0.39 is 5.41 Å². The molecular weight excluding hydrogens is 909 g/mol. The average molecular weight is 957 g/mol. The molecule has 8 aromatic carbocycles. The van der Waals surface area contributed by atoms with E-state index in [1.807, 2.05) is 22.7 Å². The summed E-state index contributed by atoms with van der Waals surface area (Å²) in [4.78, 5) is 7.57. The van der Waals surface area contributed by atoms with Crippen LogP contribution in [0.15, 0.2) is 193 Å². The topological polar surface area (TPSA) is 34.8 Å². The summed E-state index contributed by atoms with van der Waals surface area (Å²) in [5, 5.41) is 9.59. The quantitative estimate of drug-likeness (QED) is 0.137. The molecule has 2 aliphatic rings. The molecule has 0 aliphatic heterocycles. The Bertz CT molecular complexity index is 3820. The van der Waals surface area contributed by atoms with Gasteiger partial charge < -0.3 is 28.4 Å². The molecule has 8 heteroatoms. The lowest BCUT2D eigenvalue weighted by atomic mass is 9.71. The van der Waals surface area contributed by atoms with Crippen LogP contribution in [0.3, 0.4) is 0 Å². The molecule has 4 aromatic heterocycles. The number of aromatic nitrogens is 2. The van der Waals surface area contributed by atoms with E-state index in [9.17, 15) is 0 Å². The van der Waals surface area contributed by atoms with Crippen molar-refractivity contribution in [2.45, 2.75) is 32.4 Å². The van der Waals surface area contributed by atoms with Gasteiger partial charge in [-0.25, -0.2) is 0 Å². The van der Waals surface area contributed by atoms with Crippen LogP contribution in [0.25, 0.3) is 64.5 Å². The predicted molar refractivity (Wildman–Crippen MR) is 298 cm³/mol. The third-order valence-corrected chi connectivity index (χ3v) is 17.3. The maximum Gasteiger partial charge on any atom is 0.119 e. The molecule has 6 nitrogen and oxygen atoms in total. The number of methoxy groups -OCH3 is 2. The van der Waals surface area contributed by atoms with Gasteiger partial charge in [0, 0.05) is 101 Å². The number of rotatable bonds is 10. The Balaban J connectivity index is 0.992. The number of thiophene rings is 2. The number of anilines is 6. The molecular formula is C63H48N4O2S2. The summed E-state index contributed by atoms with van der Waals surface area (Å²) >= 11 is 3.72. The van der Waals surface area contributed by atoms with Gasteiger partial charge in [0.15, 0.2) is 0 Å². The van der Waals surface area contributed by atoms with E-state index in [0.29, 0.717) is 0 Å². The first kappa shape index (κ1) is 41.9. The van der Waals surface area contributed by atoms with Crippen molar-refractivity contribution in [1.82, 2.24) is 9.13 Å². The normalized spacial score (nSPS) is 13.0. The first-order chi connectivity index (χ1) is 35.0. The molecule has 1 spiro atoms. The van der Waals surface area contributed by atoms with Gasteiger partial charge in [-0.05, 0) is 191 Å². The van der Waals surface area contributed by atoms with Crippen LogP contribution in [0.5, 0.6) is 11.5 Å². The second-order valence-corrected chi connectivity index (χ2v) is 20.4. The average Bonchev–Trinajstić information content (AvgIpc) is 4.30. The Kier molecular flexibility index (Phi) is 9.44. The van der Waals surface area contributed by atoms with Gasteiger partial charge in [-0.15, -0.1) is 22.7 Å². The van der Waals surface area contributed by atoms with Crippen molar-refractivity contribution >= 4 is 100 Å². The molecule has 14 rings (SSSR count). The standard InChI is InChI=1S/C63H48N4O2S2/c1-5-64-57-13-9-7-11-49(57)51-35-41(21-29-59(51)64)66(39-15-23-45(68-3)24-16-39)43-19-27-47-48-28-20-44(38-56(48)63(55(47)37-43)53-31-33-70-61(53)62-54(63)32-34-71-62)67(40-17-25-46(69-4)26-18-40)42-22-30-60-52(36-42)50-12-8-10-14-58(50)65(60)6-2/h7-38H,5-6H2,1-4H3. The summed E-state index contributed by atoms with van der Waals surface area (Å²) < 4.78 is 16.2.